The molecule has 94 valence electrons. The van der Waals surface area contributed by atoms with E-state index >= 15 is 0 Å². The summed E-state index contributed by atoms with van der Waals surface area (Å²) in [6, 6.07) is -1.92. The summed E-state index contributed by atoms with van der Waals surface area (Å²) in [5.74, 6) is -2.41. The van der Waals surface area contributed by atoms with Crippen LogP contribution in [0.2, 0.25) is 0 Å². The first-order valence-corrected chi connectivity index (χ1v) is 4.41. The number of hydrogen-bond acceptors (Lipinski definition) is 4. The third-order valence-corrected chi connectivity index (χ3v) is 1.71. The van der Waals surface area contributed by atoms with Crippen molar-refractivity contribution in [3.8, 4) is 0 Å². The zero-order valence-electron chi connectivity index (χ0n) is 8.80. The van der Waals surface area contributed by atoms with Gasteiger partial charge >= 0.3 is 5.97 Å². The monoisotopic (exact) mass is 253 g/mol. The first-order valence-electron chi connectivity index (χ1n) is 4.41. The van der Waals surface area contributed by atoms with Gasteiger partial charge in [0.2, 0.25) is 11.8 Å². The van der Waals surface area contributed by atoms with E-state index in [0.717, 1.165) is 0 Å². The van der Waals surface area contributed by atoms with E-state index < -0.39 is 29.9 Å². The predicted molar refractivity (Wildman–Crippen MR) is 58.9 cm³/mol. The summed E-state index contributed by atoms with van der Waals surface area (Å²) in [6.45, 7) is 1.43. The highest BCUT2D eigenvalue weighted by Crippen LogP contribution is 1.97. The molecule has 0 saturated carbocycles. The molecule has 0 radical (unpaired) electrons. The molecule has 0 bridgehead atoms. The van der Waals surface area contributed by atoms with Crippen molar-refractivity contribution >= 4 is 30.2 Å². The Morgan fingerprint density at radius 3 is 2.19 bits per heavy atom. The molecule has 6 N–H and O–H groups in total. The highest BCUT2D eigenvalue weighted by Gasteiger charge is 2.21. The molecule has 16 heavy (non-hydrogen) atoms. The normalized spacial score (nSPS) is 13.1. The van der Waals surface area contributed by atoms with Crippen molar-refractivity contribution in [2.24, 2.45) is 11.5 Å². The standard InChI is InChI=1S/C8H15N3O4.ClH/c1-4(9)7(13)11-5(8(14)15)2-3-6(10)12;/h4-5H,2-3,9H2,1H3,(H2,10,12)(H,11,13)(H,14,15);1H/t4-,5+;/m1./s1. The molecule has 0 aliphatic carbocycles. The lowest BCUT2D eigenvalue weighted by Crippen LogP contribution is -2.47. The minimum Gasteiger partial charge on any atom is -0.480 e. The van der Waals surface area contributed by atoms with Crippen LogP contribution in [-0.4, -0.2) is 35.0 Å². The fraction of sp³-hybridized carbons (Fsp3) is 0.625. The van der Waals surface area contributed by atoms with Crippen LogP contribution in [0.25, 0.3) is 0 Å². The zero-order valence-corrected chi connectivity index (χ0v) is 9.62. The fourth-order valence-electron chi connectivity index (χ4n) is 0.847. The van der Waals surface area contributed by atoms with Gasteiger partial charge in [0.05, 0.1) is 6.04 Å². The van der Waals surface area contributed by atoms with E-state index in [1.165, 1.54) is 6.92 Å². The van der Waals surface area contributed by atoms with E-state index in [0.29, 0.717) is 0 Å². The van der Waals surface area contributed by atoms with Crippen LogP contribution < -0.4 is 16.8 Å². The van der Waals surface area contributed by atoms with Crippen LogP contribution in [0, 0.1) is 0 Å². The van der Waals surface area contributed by atoms with Crippen molar-refractivity contribution in [3.63, 3.8) is 0 Å². The summed E-state index contributed by atoms with van der Waals surface area (Å²) >= 11 is 0. The largest absolute Gasteiger partial charge is 0.480 e. The third-order valence-electron chi connectivity index (χ3n) is 1.71. The summed E-state index contributed by atoms with van der Waals surface area (Å²) < 4.78 is 0. The molecule has 2 amide bonds. The van der Waals surface area contributed by atoms with Gasteiger partial charge in [0, 0.05) is 6.42 Å². The van der Waals surface area contributed by atoms with E-state index in [1.54, 1.807) is 0 Å². The van der Waals surface area contributed by atoms with Crippen molar-refractivity contribution < 1.29 is 19.5 Å². The number of hydrogen-bond donors (Lipinski definition) is 4. The SMILES string of the molecule is C[C@@H](N)C(=O)N[C@@H](CCC(N)=O)C(=O)O.Cl. The maximum Gasteiger partial charge on any atom is 0.326 e. The van der Waals surface area contributed by atoms with Crippen molar-refractivity contribution in [1.82, 2.24) is 5.32 Å². The van der Waals surface area contributed by atoms with Gasteiger partial charge in [-0.2, -0.15) is 0 Å². The summed E-state index contributed by atoms with van der Waals surface area (Å²) in [7, 11) is 0. The molecule has 7 nitrogen and oxygen atoms in total. The van der Waals surface area contributed by atoms with E-state index in [1.807, 2.05) is 0 Å². The number of rotatable bonds is 6. The highest BCUT2D eigenvalue weighted by atomic mass is 35.5. The van der Waals surface area contributed by atoms with Gasteiger partial charge in [-0.15, -0.1) is 12.4 Å². The van der Waals surface area contributed by atoms with Crippen molar-refractivity contribution in [3.05, 3.63) is 0 Å². The number of carbonyl (C=O) groups is 3. The molecule has 0 aromatic heterocycles. The number of carboxylic acids is 1. The second kappa shape index (κ2) is 7.89. The Hall–Kier alpha value is -1.34. The van der Waals surface area contributed by atoms with E-state index in [9.17, 15) is 14.4 Å². The number of nitrogens with one attached hydrogen (secondary N) is 1. The van der Waals surface area contributed by atoms with Gasteiger partial charge in [0.1, 0.15) is 6.04 Å². The fourth-order valence-corrected chi connectivity index (χ4v) is 0.847. The molecule has 0 spiro atoms. The average molecular weight is 254 g/mol. The second-order valence-electron chi connectivity index (χ2n) is 3.19. The molecule has 0 aromatic carbocycles. The van der Waals surface area contributed by atoms with Crippen LogP contribution in [0.1, 0.15) is 19.8 Å². The van der Waals surface area contributed by atoms with Crippen LogP contribution in [0.3, 0.4) is 0 Å². The zero-order chi connectivity index (χ0) is 12.0. The number of primary amides is 1. The van der Waals surface area contributed by atoms with Gasteiger partial charge in [-0.1, -0.05) is 0 Å². The first kappa shape index (κ1) is 17.1. The molecule has 8 heteroatoms. The molecule has 0 saturated heterocycles. The molecule has 0 aliphatic rings. The van der Waals surface area contributed by atoms with Gasteiger partial charge in [0.25, 0.3) is 0 Å². The van der Waals surface area contributed by atoms with Gasteiger partial charge in [-0.3, -0.25) is 9.59 Å². The molecule has 2 atom stereocenters. The maximum absolute atomic E-state index is 11.1. The Labute approximate surface area is 99.0 Å². The van der Waals surface area contributed by atoms with E-state index in [4.69, 9.17) is 16.6 Å². The molecule has 0 unspecified atom stereocenters. The lowest BCUT2D eigenvalue weighted by atomic mass is 10.1. The Morgan fingerprint density at radius 1 is 1.38 bits per heavy atom. The number of halogens is 1. The average Bonchev–Trinajstić information content (AvgIpc) is 2.10. The Balaban J connectivity index is 0. The maximum atomic E-state index is 11.1. The minimum absolute atomic E-state index is 0. The molecular formula is C8H16ClN3O4. The van der Waals surface area contributed by atoms with E-state index in [2.05, 4.69) is 5.32 Å². The number of aliphatic carboxylic acids is 1. The predicted octanol–water partition coefficient (Wildman–Crippen LogP) is -1.41. The topological polar surface area (TPSA) is 136 Å². The Morgan fingerprint density at radius 2 is 1.88 bits per heavy atom. The summed E-state index contributed by atoms with van der Waals surface area (Å²) in [5, 5.41) is 10.9. The molecule has 0 aliphatic heterocycles. The summed E-state index contributed by atoms with van der Waals surface area (Å²) in [6.07, 6.45) is -0.140. The van der Waals surface area contributed by atoms with Crippen molar-refractivity contribution in [2.45, 2.75) is 31.8 Å². The van der Waals surface area contributed by atoms with Crippen LogP contribution in [0.15, 0.2) is 0 Å². The highest BCUT2D eigenvalue weighted by molar-refractivity contribution is 5.86. The minimum atomic E-state index is -1.22. The number of carbonyl (C=O) groups excluding carboxylic acids is 2. The van der Waals surface area contributed by atoms with Crippen molar-refractivity contribution in [2.75, 3.05) is 0 Å². The first-order chi connectivity index (χ1) is 6.84. The molecule has 0 aromatic rings. The van der Waals surface area contributed by atoms with Crippen molar-refractivity contribution in [1.29, 1.82) is 0 Å². The van der Waals surface area contributed by atoms with Gasteiger partial charge in [-0.05, 0) is 13.3 Å². The second-order valence-corrected chi connectivity index (χ2v) is 3.19. The van der Waals surface area contributed by atoms with Gasteiger partial charge in [-0.25, -0.2) is 4.79 Å². The van der Waals surface area contributed by atoms with Crippen LogP contribution >= 0.6 is 12.4 Å². The van der Waals surface area contributed by atoms with Gasteiger partial charge in [0.15, 0.2) is 0 Å². The number of carboxylic acid groups (broad SMARTS) is 1. The lowest BCUT2D eigenvalue weighted by Gasteiger charge is -2.14. The molecule has 0 fully saturated rings. The Bertz CT molecular complexity index is 270. The smallest absolute Gasteiger partial charge is 0.326 e. The third kappa shape index (κ3) is 7.02. The number of nitrogens with two attached hydrogens (primary N) is 2. The molecule has 0 rings (SSSR count). The molecule has 0 heterocycles. The Kier molecular flexibility index (Phi) is 8.41. The summed E-state index contributed by atoms with van der Waals surface area (Å²) in [4.78, 5) is 32.2. The lowest BCUT2D eigenvalue weighted by molar-refractivity contribution is -0.142. The number of amides is 2. The van der Waals surface area contributed by atoms with Crippen LogP contribution in [0.5, 0.6) is 0 Å². The van der Waals surface area contributed by atoms with E-state index in [-0.39, 0.29) is 25.2 Å². The van der Waals surface area contributed by atoms with Crippen LogP contribution in [0.4, 0.5) is 0 Å². The van der Waals surface area contributed by atoms with Gasteiger partial charge < -0.3 is 21.9 Å². The molecular weight excluding hydrogens is 238 g/mol. The summed E-state index contributed by atoms with van der Waals surface area (Å²) in [5.41, 5.74) is 10.1. The quantitative estimate of drug-likeness (QED) is 0.461. The van der Waals surface area contributed by atoms with Crippen LogP contribution in [-0.2, 0) is 14.4 Å².